The molecule has 0 spiro atoms. The Balaban J connectivity index is 1.68. The number of ether oxygens (including phenoxy) is 1. The second-order valence-corrected chi connectivity index (χ2v) is 5.87. The molecule has 2 heterocycles. The van der Waals surface area contributed by atoms with Gasteiger partial charge in [0.2, 0.25) is 0 Å². The normalized spacial score (nSPS) is 15.2. The van der Waals surface area contributed by atoms with Gasteiger partial charge < -0.3 is 9.64 Å². The third-order valence-corrected chi connectivity index (χ3v) is 4.25. The Labute approximate surface area is 142 Å². The molecule has 0 amide bonds. The lowest BCUT2D eigenvalue weighted by molar-refractivity contribution is 0.104. The van der Waals surface area contributed by atoms with Crippen molar-refractivity contribution in [1.82, 2.24) is 9.78 Å². The monoisotopic (exact) mass is 325 g/mol. The predicted octanol–water partition coefficient (Wildman–Crippen LogP) is 2.94. The molecule has 1 aliphatic heterocycles. The lowest BCUT2D eigenvalue weighted by Gasteiger charge is -2.28. The topological polar surface area (TPSA) is 47.4 Å². The summed E-state index contributed by atoms with van der Waals surface area (Å²) in [5.74, 6) is 0.00664. The second kappa shape index (κ2) is 7.45. The van der Waals surface area contributed by atoms with Gasteiger partial charge >= 0.3 is 0 Å². The largest absolute Gasteiger partial charge is 0.378 e. The van der Waals surface area contributed by atoms with E-state index in [-0.39, 0.29) is 5.78 Å². The molecular weight excluding hydrogens is 302 g/mol. The molecular formula is C19H23N3O2. The summed E-state index contributed by atoms with van der Waals surface area (Å²) in [6.07, 6.45) is 5.42. The van der Waals surface area contributed by atoms with Gasteiger partial charge in [-0.1, -0.05) is 0 Å². The summed E-state index contributed by atoms with van der Waals surface area (Å²) in [7, 11) is 0. The second-order valence-electron chi connectivity index (χ2n) is 5.87. The van der Waals surface area contributed by atoms with E-state index < -0.39 is 0 Å². The predicted molar refractivity (Wildman–Crippen MR) is 95.5 cm³/mol. The van der Waals surface area contributed by atoms with Gasteiger partial charge in [-0.2, -0.15) is 5.10 Å². The van der Waals surface area contributed by atoms with Gasteiger partial charge in [0.1, 0.15) is 0 Å². The molecule has 1 aromatic heterocycles. The van der Waals surface area contributed by atoms with Gasteiger partial charge in [-0.05, 0) is 50.3 Å². The van der Waals surface area contributed by atoms with Gasteiger partial charge in [0.05, 0.1) is 18.9 Å². The number of benzene rings is 1. The fourth-order valence-electron chi connectivity index (χ4n) is 2.78. The zero-order valence-corrected chi connectivity index (χ0v) is 14.2. The first-order chi connectivity index (χ1) is 11.7. The van der Waals surface area contributed by atoms with Crippen LogP contribution < -0.4 is 4.90 Å². The van der Waals surface area contributed by atoms with Crippen LogP contribution in [0.5, 0.6) is 0 Å². The van der Waals surface area contributed by atoms with Crippen molar-refractivity contribution in [3.63, 3.8) is 0 Å². The van der Waals surface area contributed by atoms with E-state index in [1.807, 2.05) is 55.1 Å². The van der Waals surface area contributed by atoms with E-state index in [9.17, 15) is 4.79 Å². The lowest BCUT2D eigenvalue weighted by atomic mass is 10.1. The number of ketones is 1. The van der Waals surface area contributed by atoms with Crippen molar-refractivity contribution in [2.24, 2.45) is 0 Å². The highest BCUT2D eigenvalue weighted by Gasteiger charge is 2.11. The summed E-state index contributed by atoms with van der Waals surface area (Å²) in [4.78, 5) is 14.6. The van der Waals surface area contributed by atoms with Gasteiger partial charge in [-0.3, -0.25) is 9.48 Å². The van der Waals surface area contributed by atoms with Crippen LogP contribution >= 0.6 is 0 Å². The number of carbonyl (C=O) groups is 1. The molecule has 1 aromatic carbocycles. The standard InChI is InChI=1S/C19H23N3O2/c1-3-22-14-17(15(2)20-22)6-9-19(23)16-4-7-18(8-5-16)21-10-12-24-13-11-21/h4-9,14H,3,10-13H2,1-2H3/b9-6+. The van der Waals surface area contributed by atoms with Crippen molar-refractivity contribution < 1.29 is 9.53 Å². The number of aromatic nitrogens is 2. The smallest absolute Gasteiger partial charge is 0.185 e. The third-order valence-electron chi connectivity index (χ3n) is 4.25. The number of hydrogen-bond acceptors (Lipinski definition) is 4. The molecule has 24 heavy (non-hydrogen) atoms. The van der Waals surface area contributed by atoms with Crippen molar-refractivity contribution in [3.8, 4) is 0 Å². The molecule has 126 valence electrons. The zero-order chi connectivity index (χ0) is 16.9. The molecule has 0 unspecified atom stereocenters. The maximum atomic E-state index is 12.3. The summed E-state index contributed by atoms with van der Waals surface area (Å²) >= 11 is 0. The Bertz CT molecular complexity index is 726. The molecule has 0 aliphatic carbocycles. The highest BCUT2D eigenvalue weighted by atomic mass is 16.5. The van der Waals surface area contributed by atoms with E-state index in [4.69, 9.17) is 4.74 Å². The Morgan fingerprint density at radius 1 is 1.25 bits per heavy atom. The van der Waals surface area contributed by atoms with E-state index in [2.05, 4.69) is 10.00 Å². The van der Waals surface area contributed by atoms with Crippen molar-refractivity contribution in [2.45, 2.75) is 20.4 Å². The first-order valence-corrected chi connectivity index (χ1v) is 8.36. The van der Waals surface area contributed by atoms with E-state index in [0.717, 1.165) is 49.8 Å². The molecule has 5 nitrogen and oxygen atoms in total. The number of aryl methyl sites for hydroxylation is 2. The molecule has 5 heteroatoms. The van der Waals surface area contributed by atoms with E-state index in [0.29, 0.717) is 5.56 Å². The van der Waals surface area contributed by atoms with E-state index >= 15 is 0 Å². The van der Waals surface area contributed by atoms with Crippen LogP contribution in [-0.4, -0.2) is 41.9 Å². The molecule has 2 aromatic rings. The number of nitrogens with zero attached hydrogens (tertiary/aromatic N) is 3. The number of rotatable bonds is 5. The fraction of sp³-hybridized carbons (Fsp3) is 0.368. The highest BCUT2D eigenvalue weighted by Crippen LogP contribution is 2.17. The molecule has 3 rings (SSSR count). The van der Waals surface area contributed by atoms with Crippen molar-refractivity contribution in [3.05, 3.63) is 53.4 Å². The van der Waals surface area contributed by atoms with Gasteiger partial charge in [-0.15, -0.1) is 0 Å². The van der Waals surface area contributed by atoms with Crippen LogP contribution in [0.3, 0.4) is 0 Å². The third kappa shape index (κ3) is 3.74. The van der Waals surface area contributed by atoms with Crippen LogP contribution in [0, 0.1) is 6.92 Å². The zero-order valence-electron chi connectivity index (χ0n) is 14.2. The summed E-state index contributed by atoms with van der Waals surface area (Å²) in [5.41, 5.74) is 3.75. The van der Waals surface area contributed by atoms with E-state index in [1.165, 1.54) is 0 Å². The molecule has 0 saturated carbocycles. The van der Waals surface area contributed by atoms with Crippen LogP contribution in [-0.2, 0) is 11.3 Å². The van der Waals surface area contributed by atoms with E-state index in [1.54, 1.807) is 6.08 Å². The summed E-state index contributed by atoms with van der Waals surface area (Å²) in [6, 6.07) is 7.79. The SMILES string of the molecule is CCn1cc(/C=C/C(=O)c2ccc(N3CCOCC3)cc2)c(C)n1. The average molecular weight is 325 g/mol. The number of hydrogen-bond donors (Lipinski definition) is 0. The summed E-state index contributed by atoms with van der Waals surface area (Å²) in [6.45, 7) is 8.13. The number of allylic oxidation sites excluding steroid dienone is 1. The summed E-state index contributed by atoms with van der Waals surface area (Å²) in [5, 5.41) is 4.38. The van der Waals surface area contributed by atoms with Gasteiger partial charge in [0, 0.05) is 42.6 Å². The first-order valence-electron chi connectivity index (χ1n) is 8.36. The number of anilines is 1. The highest BCUT2D eigenvalue weighted by molar-refractivity contribution is 6.07. The van der Waals surface area contributed by atoms with Crippen LogP contribution in [0.1, 0.15) is 28.5 Å². The van der Waals surface area contributed by atoms with Crippen molar-refractivity contribution in [1.29, 1.82) is 0 Å². The quantitative estimate of drug-likeness (QED) is 0.626. The Hall–Kier alpha value is -2.40. The van der Waals surface area contributed by atoms with Crippen LogP contribution in [0.4, 0.5) is 5.69 Å². The number of carbonyl (C=O) groups excluding carboxylic acids is 1. The molecule has 0 atom stereocenters. The Morgan fingerprint density at radius 2 is 1.96 bits per heavy atom. The van der Waals surface area contributed by atoms with Crippen LogP contribution in [0.15, 0.2) is 36.5 Å². The van der Waals surface area contributed by atoms with Crippen LogP contribution in [0.25, 0.3) is 6.08 Å². The Morgan fingerprint density at radius 3 is 2.58 bits per heavy atom. The van der Waals surface area contributed by atoms with Gasteiger partial charge in [-0.25, -0.2) is 0 Å². The Kier molecular flexibility index (Phi) is 5.11. The molecule has 1 fully saturated rings. The van der Waals surface area contributed by atoms with Crippen LogP contribution in [0.2, 0.25) is 0 Å². The van der Waals surface area contributed by atoms with Crippen molar-refractivity contribution in [2.75, 3.05) is 31.2 Å². The van der Waals surface area contributed by atoms with Crippen molar-refractivity contribution >= 4 is 17.5 Å². The minimum Gasteiger partial charge on any atom is -0.378 e. The lowest BCUT2D eigenvalue weighted by Crippen LogP contribution is -2.36. The minimum absolute atomic E-state index is 0.00664. The average Bonchev–Trinajstić information content (AvgIpc) is 3.00. The summed E-state index contributed by atoms with van der Waals surface area (Å²) < 4.78 is 7.24. The fourth-order valence-corrected chi connectivity index (χ4v) is 2.78. The minimum atomic E-state index is 0.00664. The van der Waals surface area contributed by atoms with Gasteiger partial charge in [0.25, 0.3) is 0 Å². The first kappa shape index (κ1) is 16.5. The molecule has 0 bridgehead atoms. The molecule has 1 saturated heterocycles. The molecule has 0 N–H and O–H groups in total. The molecule has 1 aliphatic rings. The maximum absolute atomic E-state index is 12.3. The van der Waals surface area contributed by atoms with Gasteiger partial charge in [0.15, 0.2) is 5.78 Å². The maximum Gasteiger partial charge on any atom is 0.185 e. The number of morpholine rings is 1. The molecule has 0 radical (unpaired) electrons.